The van der Waals surface area contributed by atoms with E-state index >= 15 is 0 Å². The number of methoxy groups -OCH3 is 1. The molecule has 2 N–H and O–H groups in total. The molecule has 0 aliphatic rings. The fourth-order valence-corrected chi connectivity index (χ4v) is 1.74. The van der Waals surface area contributed by atoms with E-state index in [1.807, 2.05) is 0 Å². The molecule has 2 aromatic heterocycles. The van der Waals surface area contributed by atoms with Gasteiger partial charge >= 0.3 is 5.97 Å². The number of esters is 1. The maximum absolute atomic E-state index is 11.6. The van der Waals surface area contributed by atoms with Gasteiger partial charge in [-0.25, -0.2) is 14.8 Å². The molecule has 0 unspecified atom stereocenters. The molecule has 19 heavy (non-hydrogen) atoms. The van der Waals surface area contributed by atoms with Crippen molar-refractivity contribution >= 4 is 34.9 Å². The summed E-state index contributed by atoms with van der Waals surface area (Å²) in [6.07, 6.45) is 1.53. The number of pyridine rings is 2. The minimum atomic E-state index is -0.652. The van der Waals surface area contributed by atoms with Gasteiger partial charge in [0.25, 0.3) is 0 Å². The topological polar surface area (TPSA) is 78.1 Å². The number of anilines is 1. The van der Waals surface area contributed by atoms with E-state index < -0.39 is 5.97 Å². The van der Waals surface area contributed by atoms with Crippen LogP contribution in [0, 0.1) is 0 Å². The first-order chi connectivity index (χ1) is 9.02. The quantitative estimate of drug-likeness (QED) is 0.681. The monoisotopic (exact) mass is 297 g/mol. The second-order valence-corrected chi connectivity index (χ2v) is 4.39. The van der Waals surface area contributed by atoms with Crippen molar-refractivity contribution < 1.29 is 9.53 Å². The minimum absolute atomic E-state index is 0.0332. The fourth-order valence-electron chi connectivity index (χ4n) is 1.46. The first kappa shape index (κ1) is 13.6. The van der Waals surface area contributed by atoms with Crippen molar-refractivity contribution in [3.63, 3.8) is 0 Å². The molecule has 0 atom stereocenters. The average molecular weight is 298 g/mol. The minimum Gasteiger partial charge on any atom is -0.464 e. The van der Waals surface area contributed by atoms with Crippen LogP contribution in [-0.4, -0.2) is 23.0 Å². The van der Waals surface area contributed by atoms with E-state index in [2.05, 4.69) is 14.7 Å². The summed E-state index contributed by atoms with van der Waals surface area (Å²) < 4.78 is 4.60. The maximum atomic E-state index is 11.6. The zero-order valence-electron chi connectivity index (χ0n) is 9.85. The number of halogens is 2. The number of nitrogens with two attached hydrogens (primary N) is 1. The van der Waals surface area contributed by atoms with Gasteiger partial charge in [-0.15, -0.1) is 0 Å². The lowest BCUT2D eigenvalue weighted by atomic mass is 10.1. The fraction of sp³-hybridized carbons (Fsp3) is 0.0833. The van der Waals surface area contributed by atoms with Crippen LogP contribution in [0.3, 0.4) is 0 Å². The van der Waals surface area contributed by atoms with E-state index in [4.69, 9.17) is 28.9 Å². The number of carbonyl (C=O) groups is 1. The normalized spacial score (nSPS) is 10.3. The van der Waals surface area contributed by atoms with Crippen molar-refractivity contribution in [1.29, 1.82) is 0 Å². The van der Waals surface area contributed by atoms with Crippen LogP contribution in [0.4, 0.5) is 5.69 Å². The second kappa shape index (κ2) is 5.42. The van der Waals surface area contributed by atoms with Gasteiger partial charge in [0.05, 0.1) is 23.5 Å². The Labute approximate surface area is 119 Å². The van der Waals surface area contributed by atoms with Crippen molar-refractivity contribution in [2.75, 3.05) is 12.8 Å². The third kappa shape index (κ3) is 2.77. The van der Waals surface area contributed by atoms with E-state index in [1.165, 1.54) is 13.3 Å². The van der Waals surface area contributed by atoms with E-state index in [0.717, 1.165) is 0 Å². The van der Waals surface area contributed by atoms with Gasteiger partial charge < -0.3 is 10.5 Å². The zero-order valence-corrected chi connectivity index (χ0v) is 11.4. The van der Waals surface area contributed by atoms with Crippen molar-refractivity contribution in [2.24, 2.45) is 0 Å². The smallest absolute Gasteiger partial charge is 0.358 e. The summed E-state index contributed by atoms with van der Waals surface area (Å²) in [5.74, 6) is -0.652. The molecular formula is C12H9Cl2N3O2. The molecule has 0 saturated heterocycles. The van der Waals surface area contributed by atoms with Crippen LogP contribution in [0.15, 0.2) is 24.4 Å². The summed E-state index contributed by atoms with van der Waals surface area (Å²) in [7, 11) is 1.24. The highest BCUT2D eigenvalue weighted by atomic mass is 35.5. The van der Waals surface area contributed by atoms with Crippen LogP contribution in [0.1, 0.15) is 10.5 Å². The molecule has 0 aromatic carbocycles. The molecule has 2 rings (SSSR count). The summed E-state index contributed by atoms with van der Waals surface area (Å²) in [5.41, 5.74) is 7.09. The van der Waals surface area contributed by atoms with Crippen molar-refractivity contribution in [3.8, 4) is 11.3 Å². The largest absolute Gasteiger partial charge is 0.464 e. The highest BCUT2D eigenvalue weighted by Gasteiger charge is 2.17. The Kier molecular flexibility index (Phi) is 3.87. The van der Waals surface area contributed by atoms with Crippen molar-refractivity contribution in [1.82, 2.24) is 9.97 Å². The molecule has 0 aliphatic carbocycles. The molecule has 0 aliphatic heterocycles. The van der Waals surface area contributed by atoms with Gasteiger partial charge in [-0.05, 0) is 18.2 Å². The van der Waals surface area contributed by atoms with Crippen LogP contribution in [-0.2, 0) is 4.74 Å². The summed E-state index contributed by atoms with van der Waals surface area (Å²) in [6, 6.07) is 4.88. The van der Waals surface area contributed by atoms with Crippen LogP contribution in [0.2, 0.25) is 10.2 Å². The molecule has 98 valence electrons. The van der Waals surface area contributed by atoms with Gasteiger partial charge in [-0.2, -0.15) is 0 Å². The SMILES string of the molecule is COC(=O)c1nc(-c2ccc(Cl)nc2)cc(N)c1Cl. The number of carbonyl (C=O) groups excluding carboxylic acids is 1. The average Bonchev–Trinajstić information content (AvgIpc) is 2.41. The molecule has 5 nitrogen and oxygen atoms in total. The van der Waals surface area contributed by atoms with E-state index in [1.54, 1.807) is 18.2 Å². The molecule has 2 aromatic rings. The Morgan fingerprint density at radius 1 is 1.37 bits per heavy atom. The molecule has 0 spiro atoms. The van der Waals surface area contributed by atoms with Crippen molar-refractivity contribution in [2.45, 2.75) is 0 Å². The third-order valence-corrected chi connectivity index (χ3v) is 3.01. The number of nitrogen functional groups attached to an aromatic ring is 1. The molecular weight excluding hydrogens is 289 g/mol. The van der Waals surface area contributed by atoms with Gasteiger partial charge in [0.2, 0.25) is 0 Å². The first-order valence-corrected chi connectivity index (χ1v) is 5.94. The standard InChI is InChI=1S/C12H9Cl2N3O2/c1-19-12(18)11-10(14)7(15)4-8(17-11)6-2-3-9(13)16-5-6/h2-5H,1H3,(H2,15,17). The van der Waals surface area contributed by atoms with Crippen molar-refractivity contribution in [3.05, 3.63) is 40.3 Å². The Bertz CT molecular complexity index is 630. The number of aromatic nitrogens is 2. The molecule has 0 saturated carbocycles. The van der Waals surface area contributed by atoms with Crippen LogP contribution in [0.25, 0.3) is 11.3 Å². The molecule has 0 amide bonds. The second-order valence-electron chi connectivity index (χ2n) is 3.62. The number of ether oxygens (including phenoxy) is 1. The molecule has 0 fully saturated rings. The van der Waals surface area contributed by atoms with Gasteiger partial charge in [0, 0.05) is 11.8 Å². The summed E-state index contributed by atoms with van der Waals surface area (Å²) in [4.78, 5) is 19.6. The first-order valence-electron chi connectivity index (χ1n) is 5.19. The predicted molar refractivity (Wildman–Crippen MR) is 73.2 cm³/mol. The summed E-state index contributed by atoms with van der Waals surface area (Å²) >= 11 is 11.6. The number of rotatable bonds is 2. The number of hydrogen-bond donors (Lipinski definition) is 1. The van der Waals surface area contributed by atoms with Gasteiger partial charge in [0.1, 0.15) is 5.15 Å². The Morgan fingerprint density at radius 3 is 2.68 bits per heavy atom. The lowest BCUT2D eigenvalue weighted by Gasteiger charge is -2.08. The summed E-state index contributed by atoms with van der Waals surface area (Å²) in [5, 5.41) is 0.427. The zero-order chi connectivity index (χ0) is 14.0. The van der Waals surface area contributed by atoms with Gasteiger partial charge in [0.15, 0.2) is 5.69 Å². The Morgan fingerprint density at radius 2 is 2.11 bits per heavy atom. The van der Waals surface area contributed by atoms with Gasteiger partial charge in [-0.1, -0.05) is 23.2 Å². The number of nitrogens with zero attached hydrogens (tertiary/aromatic N) is 2. The Hall–Kier alpha value is -1.85. The van der Waals surface area contributed by atoms with Crippen LogP contribution >= 0.6 is 23.2 Å². The number of hydrogen-bond acceptors (Lipinski definition) is 5. The summed E-state index contributed by atoms with van der Waals surface area (Å²) in [6.45, 7) is 0. The molecule has 0 bridgehead atoms. The maximum Gasteiger partial charge on any atom is 0.358 e. The third-order valence-electron chi connectivity index (χ3n) is 2.39. The molecule has 0 radical (unpaired) electrons. The van der Waals surface area contributed by atoms with E-state index in [-0.39, 0.29) is 16.4 Å². The molecule has 2 heterocycles. The predicted octanol–water partition coefficient (Wildman–Crippen LogP) is 2.82. The highest BCUT2D eigenvalue weighted by molar-refractivity contribution is 6.35. The van der Waals surface area contributed by atoms with Crippen LogP contribution < -0.4 is 5.73 Å². The van der Waals surface area contributed by atoms with Gasteiger partial charge in [-0.3, -0.25) is 0 Å². The highest BCUT2D eigenvalue weighted by Crippen LogP contribution is 2.28. The molecule has 7 heteroatoms. The van der Waals surface area contributed by atoms with E-state index in [0.29, 0.717) is 16.4 Å². The Balaban J connectivity index is 2.56. The van der Waals surface area contributed by atoms with Crippen LogP contribution in [0.5, 0.6) is 0 Å². The van der Waals surface area contributed by atoms with E-state index in [9.17, 15) is 4.79 Å². The lowest BCUT2D eigenvalue weighted by Crippen LogP contribution is -2.08. The lowest BCUT2D eigenvalue weighted by molar-refractivity contribution is 0.0594.